The van der Waals surface area contributed by atoms with E-state index in [1.807, 2.05) is 11.5 Å². The topological polar surface area (TPSA) is 90.7 Å². The van der Waals surface area contributed by atoms with Gasteiger partial charge in [-0.2, -0.15) is 4.31 Å². The smallest absolute Gasteiger partial charge is 0.309 e. The summed E-state index contributed by atoms with van der Waals surface area (Å²) < 4.78 is 40.3. The molecule has 30 heavy (non-hydrogen) atoms. The van der Waals surface area contributed by atoms with Crippen molar-refractivity contribution in [2.45, 2.75) is 57.1 Å². The molecule has 8 nitrogen and oxygen atoms in total. The van der Waals surface area contributed by atoms with E-state index in [9.17, 15) is 13.2 Å². The zero-order chi connectivity index (χ0) is 21.1. The fraction of sp³-hybridized carbons (Fsp3) is 0.619. The van der Waals surface area contributed by atoms with Crippen molar-refractivity contribution in [3.8, 4) is 0 Å². The number of hydrogen-bond donors (Lipinski definition) is 0. The molecule has 0 bridgehead atoms. The molecule has 0 aliphatic carbocycles. The average molecular weight is 436 g/mol. The van der Waals surface area contributed by atoms with Crippen molar-refractivity contribution in [1.82, 2.24) is 13.9 Å². The predicted octanol–water partition coefficient (Wildman–Crippen LogP) is 2.70. The van der Waals surface area contributed by atoms with E-state index in [2.05, 4.69) is 4.98 Å². The summed E-state index contributed by atoms with van der Waals surface area (Å²) in [5.41, 5.74) is 1.44. The van der Waals surface area contributed by atoms with Crippen LogP contribution < -0.4 is 0 Å². The van der Waals surface area contributed by atoms with E-state index in [1.54, 1.807) is 22.5 Å². The Bertz CT molecular complexity index is 1010. The molecule has 0 N–H and O–H groups in total. The highest BCUT2D eigenvalue weighted by Gasteiger charge is 2.27. The van der Waals surface area contributed by atoms with Crippen LogP contribution in [-0.4, -0.2) is 54.5 Å². The summed E-state index contributed by atoms with van der Waals surface area (Å²) in [5, 5.41) is 0. The molecule has 2 fully saturated rings. The van der Waals surface area contributed by atoms with Gasteiger partial charge in [0, 0.05) is 32.8 Å². The molecule has 2 aromatic rings. The second kappa shape index (κ2) is 9.03. The van der Waals surface area contributed by atoms with E-state index in [0.29, 0.717) is 57.0 Å². The number of hydrogen-bond acceptors (Lipinski definition) is 6. The number of piperidine rings is 1. The summed E-state index contributed by atoms with van der Waals surface area (Å²) >= 11 is 0. The van der Waals surface area contributed by atoms with Crippen LogP contribution in [0.5, 0.6) is 0 Å². The standard InChI is InChI=1S/C21H29N3O5S/c1-2-24-19-7-6-17(30(26,27)23-10-4-3-5-11-23)14-18(19)22-20(24)15-29-21(25)16-8-12-28-13-9-16/h6-7,14,16H,2-5,8-13,15H2,1H3. The molecule has 9 heteroatoms. The molecule has 0 radical (unpaired) electrons. The molecule has 164 valence electrons. The Kier molecular flexibility index (Phi) is 6.40. The number of nitrogens with zero attached hydrogens (tertiary/aromatic N) is 3. The van der Waals surface area contributed by atoms with Crippen LogP contribution in [0, 0.1) is 5.92 Å². The molecule has 0 saturated carbocycles. The predicted molar refractivity (Wildman–Crippen MR) is 111 cm³/mol. The van der Waals surface area contributed by atoms with Crippen LogP contribution in [-0.2, 0) is 37.4 Å². The van der Waals surface area contributed by atoms with Crippen molar-refractivity contribution in [2.75, 3.05) is 26.3 Å². The Balaban J connectivity index is 1.55. The number of ether oxygens (including phenoxy) is 2. The van der Waals surface area contributed by atoms with E-state index in [-0.39, 0.29) is 23.4 Å². The summed E-state index contributed by atoms with van der Waals surface area (Å²) in [6.45, 7) is 5.02. The molecule has 3 heterocycles. The van der Waals surface area contributed by atoms with Crippen molar-refractivity contribution in [3.63, 3.8) is 0 Å². The molecule has 2 aliphatic heterocycles. The lowest BCUT2D eigenvalue weighted by Gasteiger charge is -2.25. The zero-order valence-corrected chi connectivity index (χ0v) is 18.2. The number of aryl methyl sites for hydroxylation is 1. The number of rotatable bonds is 6. The molecule has 0 unspecified atom stereocenters. The number of fused-ring (bicyclic) bond motifs is 1. The number of esters is 1. The molecule has 4 rings (SSSR count). The lowest BCUT2D eigenvalue weighted by atomic mass is 10.0. The molecular weight excluding hydrogens is 406 g/mol. The zero-order valence-electron chi connectivity index (χ0n) is 17.4. The van der Waals surface area contributed by atoms with Crippen molar-refractivity contribution in [1.29, 1.82) is 0 Å². The maximum absolute atomic E-state index is 13.0. The monoisotopic (exact) mass is 435 g/mol. The van der Waals surface area contributed by atoms with Gasteiger partial charge < -0.3 is 14.0 Å². The molecular formula is C21H29N3O5S. The molecule has 1 aromatic carbocycles. The first kappa shape index (κ1) is 21.3. The van der Waals surface area contributed by atoms with Gasteiger partial charge in [-0.15, -0.1) is 0 Å². The normalized spacial score (nSPS) is 19.2. The second-order valence-corrected chi connectivity index (χ2v) is 9.82. The quantitative estimate of drug-likeness (QED) is 0.648. The Morgan fingerprint density at radius 3 is 2.63 bits per heavy atom. The lowest BCUT2D eigenvalue weighted by Crippen LogP contribution is -2.35. The Morgan fingerprint density at radius 1 is 1.20 bits per heavy atom. The minimum absolute atomic E-state index is 0.0763. The number of imidazole rings is 1. The van der Waals surface area contributed by atoms with Crippen LogP contribution in [0.25, 0.3) is 11.0 Å². The van der Waals surface area contributed by atoms with Crippen molar-refractivity contribution < 1.29 is 22.7 Å². The van der Waals surface area contributed by atoms with Crippen LogP contribution in [0.4, 0.5) is 0 Å². The van der Waals surface area contributed by atoms with Crippen LogP contribution >= 0.6 is 0 Å². The fourth-order valence-electron chi connectivity index (χ4n) is 4.22. The van der Waals surface area contributed by atoms with Crippen molar-refractivity contribution in [3.05, 3.63) is 24.0 Å². The van der Waals surface area contributed by atoms with Gasteiger partial charge in [-0.25, -0.2) is 13.4 Å². The van der Waals surface area contributed by atoms with Gasteiger partial charge in [0.1, 0.15) is 12.4 Å². The molecule has 2 saturated heterocycles. The van der Waals surface area contributed by atoms with Crippen LogP contribution in [0.1, 0.15) is 44.9 Å². The highest BCUT2D eigenvalue weighted by atomic mass is 32.2. The van der Waals surface area contributed by atoms with Crippen LogP contribution in [0.2, 0.25) is 0 Å². The first-order valence-electron chi connectivity index (χ1n) is 10.7. The van der Waals surface area contributed by atoms with Gasteiger partial charge in [0.2, 0.25) is 10.0 Å². The van der Waals surface area contributed by atoms with E-state index in [4.69, 9.17) is 9.47 Å². The summed E-state index contributed by atoms with van der Waals surface area (Å²) in [6, 6.07) is 5.08. The fourth-order valence-corrected chi connectivity index (χ4v) is 5.76. The van der Waals surface area contributed by atoms with Crippen LogP contribution in [0.3, 0.4) is 0 Å². The largest absolute Gasteiger partial charge is 0.457 e. The van der Waals surface area contributed by atoms with Gasteiger partial charge in [-0.1, -0.05) is 6.42 Å². The number of benzene rings is 1. The molecule has 2 aliphatic rings. The number of carbonyl (C=O) groups excluding carboxylic acids is 1. The summed E-state index contributed by atoms with van der Waals surface area (Å²) in [4.78, 5) is 17.2. The van der Waals surface area contributed by atoms with E-state index in [1.165, 1.54) is 0 Å². The summed E-state index contributed by atoms with van der Waals surface area (Å²) in [6.07, 6.45) is 4.23. The molecule has 1 aromatic heterocycles. The SMILES string of the molecule is CCn1c(COC(=O)C2CCOCC2)nc2cc(S(=O)(=O)N3CCCCC3)ccc21. The summed E-state index contributed by atoms with van der Waals surface area (Å²) in [5.74, 6) is 0.279. The maximum atomic E-state index is 13.0. The van der Waals surface area contributed by atoms with E-state index >= 15 is 0 Å². The minimum atomic E-state index is -3.52. The second-order valence-electron chi connectivity index (χ2n) is 7.88. The molecule has 0 spiro atoms. The Labute approximate surface area is 177 Å². The summed E-state index contributed by atoms with van der Waals surface area (Å²) in [7, 11) is -3.52. The minimum Gasteiger partial charge on any atom is -0.457 e. The first-order valence-corrected chi connectivity index (χ1v) is 12.2. The highest BCUT2D eigenvalue weighted by Crippen LogP contribution is 2.25. The first-order chi connectivity index (χ1) is 14.5. The van der Waals surface area contributed by atoms with Gasteiger partial charge >= 0.3 is 5.97 Å². The third kappa shape index (κ3) is 4.24. The average Bonchev–Trinajstić information content (AvgIpc) is 3.15. The third-order valence-electron chi connectivity index (χ3n) is 5.97. The lowest BCUT2D eigenvalue weighted by molar-refractivity contribution is -0.153. The van der Waals surface area contributed by atoms with Gasteiger partial charge in [0.25, 0.3) is 0 Å². The van der Waals surface area contributed by atoms with Gasteiger partial charge in [-0.05, 0) is 50.8 Å². The molecule has 0 amide bonds. The van der Waals surface area contributed by atoms with Crippen LogP contribution in [0.15, 0.2) is 23.1 Å². The molecule has 0 atom stereocenters. The number of sulfonamides is 1. The highest BCUT2D eigenvalue weighted by molar-refractivity contribution is 7.89. The van der Waals surface area contributed by atoms with Gasteiger partial charge in [-0.3, -0.25) is 4.79 Å². The Morgan fingerprint density at radius 2 is 1.93 bits per heavy atom. The van der Waals surface area contributed by atoms with Gasteiger partial charge in [0.15, 0.2) is 0 Å². The van der Waals surface area contributed by atoms with Crippen molar-refractivity contribution >= 4 is 27.0 Å². The van der Waals surface area contributed by atoms with Gasteiger partial charge in [0.05, 0.1) is 21.8 Å². The van der Waals surface area contributed by atoms with E-state index < -0.39 is 10.0 Å². The third-order valence-corrected chi connectivity index (χ3v) is 7.86. The van der Waals surface area contributed by atoms with E-state index in [0.717, 1.165) is 24.8 Å². The van der Waals surface area contributed by atoms with Crippen molar-refractivity contribution in [2.24, 2.45) is 5.92 Å². The maximum Gasteiger partial charge on any atom is 0.309 e. The Hall–Kier alpha value is -1.97. The number of aromatic nitrogens is 2. The number of carbonyl (C=O) groups is 1.